The van der Waals surface area contributed by atoms with E-state index < -0.39 is 11.7 Å². The molecule has 1 aromatic heterocycles. The normalized spacial score (nSPS) is 12.7. The van der Waals surface area contributed by atoms with Crippen molar-refractivity contribution < 1.29 is 9.53 Å². The van der Waals surface area contributed by atoms with Crippen LogP contribution in [0.25, 0.3) is 0 Å². The Labute approximate surface area is 126 Å². The van der Waals surface area contributed by atoms with Crippen molar-refractivity contribution in [3.8, 4) is 0 Å². The fourth-order valence-electron chi connectivity index (χ4n) is 1.88. The van der Waals surface area contributed by atoms with Gasteiger partial charge in [0.25, 0.3) is 0 Å². The quantitative estimate of drug-likeness (QED) is 0.861. The smallest absolute Gasteiger partial charge is 0.407 e. The van der Waals surface area contributed by atoms with E-state index in [0.717, 1.165) is 11.4 Å². The van der Waals surface area contributed by atoms with Gasteiger partial charge in [0.1, 0.15) is 11.4 Å². The molecule has 1 aromatic rings. The number of alkyl carbamates (subject to hydrolysis) is 1. The molecular formula is C15H26N4O2. The van der Waals surface area contributed by atoms with Crippen molar-refractivity contribution in [2.75, 3.05) is 25.5 Å². The van der Waals surface area contributed by atoms with Gasteiger partial charge < -0.3 is 20.7 Å². The lowest BCUT2D eigenvalue weighted by atomic mass is 10.1. The first kappa shape index (κ1) is 17.2. The number of aromatic nitrogens is 1. The zero-order chi connectivity index (χ0) is 16.0. The Morgan fingerprint density at radius 2 is 2.14 bits per heavy atom. The Morgan fingerprint density at radius 3 is 2.71 bits per heavy atom. The Hall–Kier alpha value is -1.82. The van der Waals surface area contributed by atoms with E-state index in [-0.39, 0.29) is 6.04 Å². The van der Waals surface area contributed by atoms with Gasteiger partial charge in [0, 0.05) is 32.9 Å². The molecular weight excluding hydrogens is 268 g/mol. The van der Waals surface area contributed by atoms with Gasteiger partial charge in [0.2, 0.25) is 0 Å². The number of carbonyl (C=O) groups is 1. The molecule has 6 heteroatoms. The van der Waals surface area contributed by atoms with Gasteiger partial charge in [-0.05, 0) is 38.8 Å². The minimum absolute atomic E-state index is 0.194. The van der Waals surface area contributed by atoms with Gasteiger partial charge in [-0.1, -0.05) is 6.07 Å². The molecule has 1 heterocycles. The van der Waals surface area contributed by atoms with Gasteiger partial charge in [-0.2, -0.15) is 0 Å². The van der Waals surface area contributed by atoms with Crippen LogP contribution >= 0.6 is 0 Å². The molecule has 0 radical (unpaired) electrons. The summed E-state index contributed by atoms with van der Waals surface area (Å²) in [6.07, 6.45) is 1.94. The molecule has 0 spiro atoms. The van der Waals surface area contributed by atoms with Crippen LogP contribution in [0, 0.1) is 0 Å². The molecule has 1 unspecified atom stereocenters. The summed E-state index contributed by atoms with van der Waals surface area (Å²) in [4.78, 5) is 17.9. The highest BCUT2D eigenvalue weighted by Crippen LogP contribution is 2.15. The Morgan fingerprint density at radius 1 is 1.48 bits per heavy atom. The van der Waals surface area contributed by atoms with Crippen LogP contribution in [-0.4, -0.2) is 43.4 Å². The highest BCUT2D eigenvalue weighted by atomic mass is 16.6. The number of nitrogens with zero attached hydrogens (tertiary/aromatic N) is 2. The molecule has 0 fully saturated rings. The molecule has 0 bridgehead atoms. The van der Waals surface area contributed by atoms with Crippen molar-refractivity contribution in [3.05, 3.63) is 23.9 Å². The SMILES string of the molecule is CN(C)c1ncccc1CC(N)CNC(=O)OC(C)(C)C. The fraction of sp³-hybridized carbons (Fsp3) is 0.600. The van der Waals surface area contributed by atoms with Crippen LogP contribution in [0.4, 0.5) is 10.6 Å². The summed E-state index contributed by atoms with van der Waals surface area (Å²) < 4.78 is 5.17. The van der Waals surface area contributed by atoms with Crippen LogP contribution < -0.4 is 16.0 Å². The first-order valence-corrected chi connectivity index (χ1v) is 7.02. The number of hydrogen-bond acceptors (Lipinski definition) is 5. The molecule has 0 aliphatic heterocycles. The van der Waals surface area contributed by atoms with Gasteiger partial charge >= 0.3 is 6.09 Å². The zero-order valence-electron chi connectivity index (χ0n) is 13.5. The van der Waals surface area contributed by atoms with Crippen molar-refractivity contribution in [3.63, 3.8) is 0 Å². The molecule has 3 N–H and O–H groups in total. The monoisotopic (exact) mass is 294 g/mol. The predicted octanol–water partition coefficient (Wildman–Crippen LogP) is 1.54. The number of amides is 1. The largest absolute Gasteiger partial charge is 0.444 e. The number of anilines is 1. The van der Waals surface area contributed by atoms with Crippen LogP contribution in [0.1, 0.15) is 26.3 Å². The van der Waals surface area contributed by atoms with Crippen LogP contribution in [0.2, 0.25) is 0 Å². The lowest BCUT2D eigenvalue weighted by molar-refractivity contribution is 0.0524. The Kier molecular flexibility index (Phi) is 5.96. The van der Waals surface area contributed by atoms with Gasteiger partial charge in [-0.15, -0.1) is 0 Å². The maximum atomic E-state index is 11.6. The van der Waals surface area contributed by atoms with Gasteiger partial charge in [-0.25, -0.2) is 9.78 Å². The van der Waals surface area contributed by atoms with Crippen LogP contribution in [0.15, 0.2) is 18.3 Å². The number of pyridine rings is 1. The number of rotatable bonds is 5. The average molecular weight is 294 g/mol. The number of carbonyl (C=O) groups excluding carboxylic acids is 1. The number of ether oxygens (including phenoxy) is 1. The highest BCUT2D eigenvalue weighted by Gasteiger charge is 2.17. The molecule has 1 amide bonds. The molecule has 0 saturated heterocycles. The molecule has 1 rings (SSSR count). The summed E-state index contributed by atoms with van der Waals surface area (Å²) in [5.41, 5.74) is 6.62. The molecule has 0 aliphatic rings. The lowest BCUT2D eigenvalue weighted by Gasteiger charge is -2.21. The highest BCUT2D eigenvalue weighted by molar-refractivity contribution is 5.67. The summed E-state index contributed by atoms with van der Waals surface area (Å²) in [6.45, 7) is 5.83. The first-order chi connectivity index (χ1) is 9.69. The van der Waals surface area contributed by atoms with Crippen LogP contribution in [0.5, 0.6) is 0 Å². The van der Waals surface area contributed by atoms with E-state index in [9.17, 15) is 4.79 Å². The predicted molar refractivity (Wildman–Crippen MR) is 84.5 cm³/mol. The van der Waals surface area contributed by atoms with Crippen LogP contribution in [-0.2, 0) is 11.2 Å². The van der Waals surface area contributed by atoms with Crippen molar-refractivity contribution in [2.45, 2.75) is 38.8 Å². The van der Waals surface area contributed by atoms with E-state index in [0.29, 0.717) is 13.0 Å². The Balaban J connectivity index is 2.51. The van der Waals surface area contributed by atoms with Crippen molar-refractivity contribution in [2.24, 2.45) is 5.73 Å². The topological polar surface area (TPSA) is 80.5 Å². The van der Waals surface area contributed by atoms with Gasteiger partial charge in [0.05, 0.1) is 0 Å². The van der Waals surface area contributed by atoms with Crippen molar-refractivity contribution in [1.29, 1.82) is 0 Å². The molecule has 21 heavy (non-hydrogen) atoms. The second kappa shape index (κ2) is 7.26. The van der Waals surface area contributed by atoms with E-state index in [1.165, 1.54) is 0 Å². The van der Waals surface area contributed by atoms with Gasteiger partial charge in [0.15, 0.2) is 0 Å². The van der Waals surface area contributed by atoms with E-state index >= 15 is 0 Å². The summed E-state index contributed by atoms with van der Waals surface area (Å²) in [6, 6.07) is 3.69. The zero-order valence-corrected chi connectivity index (χ0v) is 13.5. The number of nitrogens with two attached hydrogens (primary N) is 1. The van der Waals surface area contributed by atoms with E-state index in [2.05, 4.69) is 10.3 Å². The molecule has 118 valence electrons. The van der Waals surface area contributed by atoms with Gasteiger partial charge in [-0.3, -0.25) is 0 Å². The number of hydrogen-bond donors (Lipinski definition) is 2. The molecule has 6 nitrogen and oxygen atoms in total. The lowest BCUT2D eigenvalue weighted by Crippen LogP contribution is -2.41. The summed E-state index contributed by atoms with van der Waals surface area (Å²) >= 11 is 0. The third kappa shape index (κ3) is 6.44. The summed E-state index contributed by atoms with van der Waals surface area (Å²) in [5, 5.41) is 2.69. The summed E-state index contributed by atoms with van der Waals surface area (Å²) in [7, 11) is 3.88. The second-order valence-corrected chi connectivity index (χ2v) is 6.23. The first-order valence-electron chi connectivity index (χ1n) is 7.02. The third-order valence-corrected chi connectivity index (χ3v) is 2.68. The van der Waals surface area contributed by atoms with E-state index in [1.807, 2.05) is 51.9 Å². The minimum Gasteiger partial charge on any atom is -0.444 e. The molecule has 0 saturated carbocycles. The Bertz CT molecular complexity index is 469. The molecule has 0 aromatic carbocycles. The summed E-state index contributed by atoms with van der Waals surface area (Å²) in [5.74, 6) is 0.894. The fourth-order valence-corrected chi connectivity index (χ4v) is 1.88. The third-order valence-electron chi connectivity index (χ3n) is 2.68. The standard InChI is InChI=1S/C15H26N4O2/c1-15(2,3)21-14(20)18-10-12(16)9-11-7-6-8-17-13(11)19(4)5/h6-8,12H,9-10,16H2,1-5H3,(H,18,20). The number of nitrogens with one attached hydrogen (secondary N) is 1. The van der Waals surface area contributed by atoms with E-state index in [4.69, 9.17) is 10.5 Å². The maximum absolute atomic E-state index is 11.6. The van der Waals surface area contributed by atoms with Crippen LogP contribution in [0.3, 0.4) is 0 Å². The minimum atomic E-state index is -0.504. The maximum Gasteiger partial charge on any atom is 0.407 e. The second-order valence-electron chi connectivity index (χ2n) is 6.23. The van der Waals surface area contributed by atoms with Crippen molar-refractivity contribution >= 4 is 11.9 Å². The average Bonchev–Trinajstić information content (AvgIpc) is 2.35. The molecule has 1 atom stereocenters. The van der Waals surface area contributed by atoms with E-state index in [1.54, 1.807) is 6.20 Å². The van der Waals surface area contributed by atoms with Crippen molar-refractivity contribution in [1.82, 2.24) is 10.3 Å². The molecule has 0 aliphatic carbocycles.